The minimum absolute atomic E-state index is 0.0528. The number of para-hydroxylation sites is 1. The van der Waals surface area contributed by atoms with Gasteiger partial charge in [-0.2, -0.15) is 0 Å². The van der Waals surface area contributed by atoms with Crippen LogP contribution in [0.1, 0.15) is 47.2 Å². The Kier molecular flexibility index (Phi) is 8.35. The van der Waals surface area contributed by atoms with Crippen LogP contribution in [0.2, 0.25) is 0 Å². The van der Waals surface area contributed by atoms with Crippen LogP contribution in [0.4, 0.5) is 5.69 Å². The van der Waals surface area contributed by atoms with Gasteiger partial charge in [-0.05, 0) is 66.4 Å². The Bertz CT molecular complexity index is 1770. The van der Waals surface area contributed by atoms with Gasteiger partial charge in [-0.1, -0.05) is 37.6 Å². The molecule has 10 heteroatoms. The summed E-state index contributed by atoms with van der Waals surface area (Å²) in [5, 5.41) is 4.08. The number of fused-ring (bicyclic) bond motifs is 1. The molecular weight excluding hydrogens is 554 g/mol. The van der Waals surface area contributed by atoms with Crippen molar-refractivity contribution in [3.05, 3.63) is 96.4 Å². The normalized spacial score (nSPS) is 13.6. The van der Waals surface area contributed by atoms with Gasteiger partial charge in [-0.25, -0.2) is 13.1 Å². The van der Waals surface area contributed by atoms with Gasteiger partial charge in [0.15, 0.2) is 0 Å². The highest BCUT2D eigenvalue weighted by atomic mass is 32.2. The summed E-state index contributed by atoms with van der Waals surface area (Å²) in [4.78, 5) is 25.5. The number of hydrogen-bond donors (Lipinski definition) is 2. The molecule has 0 aliphatic heterocycles. The molecule has 218 valence electrons. The summed E-state index contributed by atoms with van der Waals surface area (Å²) >= 11 is 0. The Hall–Kier alpha value is -4.57. The highest BCUT2D eigenvalue weighted by Gasteiger charge is 2.24. The predicted molar refractivity (Wildman–Crippen MR) is 161 cm³/mol. The third-order valence-electron chi connectivity index (χ3n) is 7.57. The minimum atomic E-state index is -4.22. The fourth-order valence-electron chi connectivity index (χ4n) is 5.46. The van der Waals surface area contributed by atoms with Crippen molar-refractivity contribution in [1.82, 2.24) is 9.29 Å². The number of aromatic nitrogens is 1. The van der Waals surface area contributed by atoms with Crippen LogP contribution in [0.5, 0.6) is 11.5 Å². The number of carbonyl (C=O) groups excluding carboxylic acids is 2. The van der Waals surface area contributed by atoms with E-state index in [1.54, 1.807) is 18.2 Å². The molecule has 1 heterocycles. The zero-order valence-electron chi connectivity index (χ0n) is 23.6. The second-order valence-electron chi connectivity index (χ2n) is 10.3. The highest BCUT2D eigenvalue weighted by Crippen LogP contribution is 2.31. The van der Waals surface area contributed by atoms with E-state index in [1.807, 2.05) is 36.0 Å². The molecule has 0 spiro atoms. The molecule has 4 aromatic rings. The minimum Gasteiger partial charge on any atom is -0.496 e. The maximum atomic E-state index is 13.0. The van der Waals surface area contributed by atoms with E-state index in [9.17, 15) is 18.0 Å². The number of benzene rings is 3. The lowest BCUT2D eigenvalue weighted by molar-refractivity contribution is -0.119. The van der Waals surface area contributed by atoms with Gasteiger partial charge < -0.3 is 19.4 Å². The number of amides is 2. The first-order valence-corrected chi connectivity index (χ1v) is 15.2. The van der Waals surface area contributed by atoms with E-state index in [1.165, 1.54) is 31.4 Å². The Balaban J connectivity index is 1.37. The number of aryl methyl sites for hydroxylation is 1. The van der Waals surface area contributed by atoms with Crippen molar-refractivity contribution < 1.29 is 27.5 Å². The largest absolute Gasteiger partial charge is 0.496 e. The van der Waals surface area contributed by atoms with E-state index >= 15 is 0 Å². The highest BCUT2D eigenvalue weighted by molar-refractivity contribution is 7.90. The van der Waals surface area contributed by atoms with Crippen LogP contribution in [-0.4, -0.2) is 31.9 Å². The van der Waals surface area contributed by atoms with Gasteiger partial charge in [-0.15, -0.1) is 0 Å². The van der Waals surface area contributed by atoms with Crippen LogP contribution in [0.3, 0.4) is 0 Å². The van der Waals surface area contributed by atoms with Crippen LogP contribution in [-0.2, 0) is 28.3 Å². The number of anilines is 1. The molecule has 1 aromatic heterocycles. The predicted octanol–water partition coefficient (Wildman–Crippen LogP) is 5.55. The Morgan fingerprint density at radius 1 is 1.02 bits per heavy atom. The number of carbonyl (C=O) groups is 2. The van der Waals surface area contributed by atoms with E-state index < -0.39 is 15.9 Å². The number of methoxy groups -OCH3 is 1. The quantitative estimate of drug-likeness (QED) is 0.235. The molecule has 1 fully saturated rings. The van der Waals surface area contributed by atoms with Crippen molar-refractivity contribution in [1.29, 1.82) is 0 Å². The summed E-state index contributed by atoms with van der Waals surface area (Å²) in [6.45, 7) is 3.46. The first-order chi connectivity index (χ1) is 20.2. The monoisotopic (exact) mass is 587 g/mol. The fourth-order valence-corrected chi connectivity index (χ4v) is 6.57. The number of ether oxygens (including phenoxy) is 2. The molecule has 1 aliphatic rings. The first-order valence-electron chi connectivity index (χ1n) is 13.7. The average molecular weight is 588 g/mol. The molecule has 0 radical (unpaired) electrons. The standard InChI is InChI=1S/C32H33N3O6S/c1-4-41-28-11-7-8-12-30(28)42(38,39)34-32(37)23-14-13-22(29(18-23)40-3)17-24-20-35(2)27-16-15-25(19-26(24)27)33-31(36)21-9-5-6-10-21/h4,7-8,11-16,18-21H,1,5-6,9-10,17H2,2-3H3,(H,33,36)(H,34,37). The van der Waals surface area contributed by atoms with Gasteiger partial charge in [0.25, 0.3) is 15.9 Å². The van der Waals surface area contributed by atoms with Crippen LogP contribution >= 0.6 is 0 Å². The van der Waals surface area contributed by atoms with Crippen LogP contribution in [0.15, 0.2) is 84.6 Å². The number of nitrogens with zero attached hydrogens (tertiary/aromatic N) is 1. The topological polar surface area (TPSA) is 116 Å². The summed E-state index contributed by atoms with van der Waals surface area (Å²) in [7, 11) is -0.760. The summed E-state index contributed by atoms with van der Waals surface area (Å²) in [5.74, 6) is -0.170. The number of hydrogen-bond acceptors (Lipinski definition) is 6. The Labute approximate surface area is 245 Å². The fraction of sp³-hybridized carbons (Fsp3) is 0.250. The molecule has 42 heavy (non-hydrogen) atoms. The van der Waals surface area contributed by atoms with E-state index in [-0.39, 0.29) is 28.0 Å². The third kappa shape index (κ3) is 6.03. The molecule has 0 atom stereocenters. The van der Waals surface area contributed by atoms with Gasteiger partial charge in [0, 0.05) is 47.7 Å². The molecule has 1 saturated carbocycles. The van der Waals surface area contributed by atoms with Gasteiger partial charge in [0.2, 0.25) is 5.91 Å². The number of sulfonamides is 1. The van der Waals surface area contributed by atoms with E-state index in [0.29, 0.717) is 12.2 Å². The molecule has 0 bridgehead atoms. The SMILES string of the molecule is C=COc1ccccc1S(=O)(=O)NC(=O)c1ccc(Cc2cn(C)c3ccc(NC(=O)C4CCCC4)cc23)c(OC)c1. The zero-order chi connectivity index (χ0) is 29.9. The molecular formula is C32H33N3O6S. The summed E-state index contributed by atoms with van der Waals surface area (Å²) in [5.41, 5.74) is 3.73. The molecule has 9 nitrogen and oxygen atoms in total. The zero-order valence-corrected chi connectivity index (χ0v) is 24.4. The summed E-state index contributed by atoms with van der Waals surface area (Å²) < 4.78 is 40.9. The lowest BCUT2D eigenvalue weighted by atomic mass is 10.0. The number of rotatable bonds is 10. The maximum Gasteiger partial charge on any atom is 0.268 e. The van der Waals surface area contributed by atoms with E-state index in [4.69, 9.17) is 9.47 Å². The smallest absolute Gasteiger partial charge is 0.268 e. The molecule has 5 rings (SSSR count). The Morgan fingerprint density at radius 2 is 1.79 bits per heavy atom. The third-order valence-corrected chi connectivity index (χ3v) is 8.94. The van der Waals surface area contributed by atoms with Crippen LogP contribution in [0, 0.1) is 5.92 Å². The van der Waals surface area contributed by atoms with E-state index in [0.717, 1.165) is 59.7 Å². The van der Waals surface area contributed by atoms with Crippen molar-refractivity contribution >= 4 is 38.4 Å². The lowest BCUT2D eigenvalue weighted by Crippen LogP contribution is -2.30. The van der Waals surface area contributed by atoms with Crippen molar-refractivity contribution in [3.8, 4) is 11.5 Å². The molecule has 0 unspecified atom stereocenters. The van der Waals surface area contributed by atoms with Crippen molar-refractivity contribution in [2.75, 3.05) is 12.4 Å². The second-order valence-corrected chi connectivity index (χ2v) is 12.0. The molecule has 2 N–H and O–H groups in total. The van der Waals surface area contributed by atoms with E-state index in [2.05, 4.69) is 16.6 Å². The average Bonchev–Trinajstić information content (AvgIpc) is 3.62. The van der Waals surface area contributed by atoms with Gasteiger partial charge >= 0.3 is 0 Å². The summed E-state index contributed by atoms with van der Waals surface area (Å²) in [6.07, 6.45) is 7.69. The maximum absolute atomic E-state index is 13.0. The van der Waals surface area contributed by atoms with Gasteiger partial charge in [0.1, 0.15) is 16.4 Å². The molecule has 1 aliphatic carbocycles. The van der Waals surface area contributed by atoms with Gasteiger partial charge in [0.05, 0.1) is 13.4 Å². The van der Waals surface area contributed by atoms with Crippen LogP contribution < -0.4 is 19.5 Å². The van der Waals surface area contributed by atoms with Gasteiger partial charge in [-0.3, -0.25) is 9.59 Å². The Morgan fingerprint density at radius 3 is 2.52 bits per heavy atom. The molecule has 0 saturated heterocycles. The van der Waals surface area contributed by atoms with Crippen molar-refractivity contribution in [2.24, 2.45) is 13.0 Å². The first kappa shape index (κ1) is 28.9. The summed E-state index contributed by atoms with van der Waals surface area (Å²) in [6, 6.07) is 16.7. The second kappa shape index (κ2) is 12.1. The lowest BCUT2D eigenvalue weighted by Gasteiger charge is -2.13. The molecule has 2 amide bonds. The van der Waals surface area contributed by atoms with Crippen LogP contribution in [0.25, 0.3) is 10.9 Å². The van der Waals surface area contributed by atoms with Crippen molar-refractivity contribution in [3.63, 3.8) is 0 Å². The number of nitrogens with one attached hydrogen (secondary N) is 2. The molecule has 3 aromatic carbocycles. The van der Waals surface area contributed by atoms with Crippen molar-refractivity contribution in [2.45, 2.75) is 37.0 Å².